The second-order valence-corrected chi connectivity index (χ2v) is 4.73. The Labute approximate surface area is 133 Å². The molecule has 128 valence electrons. The zero-order chi connectivity index (χ0) is 17.7. The second-order valence-electron chi connectivity index (χ2n) is 4.73. The zero-order valence-corrected chi connectivity index (χ0v) is 12.1. The van der Waals surface area contributed by atoms with Gasteiger partial charge in [0.15, 0.2) is 0 Å². The van der Waals surface area contributed by atoms with Crippen LogP contribution < -0.4 is 15.6 Å². The third-order valence-corrected chi connectivity index (χ3v) is 2.92. The van der Waals surface area contributed by atoms with Gasteiger partial charge in [0.25, 0.3) is 5.56 Å². The Balaban J connectivity index is 1.92. The molecule has 0 spiro atoms. The Morgan fingerprint density at radius 2 is 1.88 bits per heavy atom. The SMILES string of the molecule is O=C(CCOc1ccc(F)cc1)Nc1cc(C(F)(F)F)c[nH]c1=O. The van der Waals surface area contributed by atoms with Crippen molar-refractivity contribution in [1.82, 2.24) is 4.98 Å². The lowest BCUT2D eigenvalue weighted by Crippen LogP contribution is -2.22. The molecule has 1 aromatic heterocycles. The summed E-state index contributed by atoms with van der Waals surface area (Å²) in [6.07, 6.45) is -4.32. The highest BCUT2D eigenvalue weighted by Crippen LogP contribution is 2.29. The maximum atomic E-state index is 12.7. The molecule has 5 nitrogen and oxygen atoms in total. The van der Waals surface area contributed by atoms with Gasteiger partial charge in [-0.3, -0.25) is 9.59 Å². The summed E-state index contributed by atoms with van der Waals surface area (Å²) in [5, 5.41) is 2.10. The fourth-order valence-corrected chi connectivity index (χ4v) is 1.75. The number of aromatic amines is 1. The zero-order valence-electron chi connectivity index (χ0n) is 12.1. The van der Waals surface area contributed by atoms with Crippen molar-refractivity contribution in [1.29, 1.82) is 0 Å². The second kappa shape index (κ2) is 7.16. The van der Waals surface area contributed by atoms with E-state index in [2.05, 4.69) is 5.32 Å². The lowest BCUT2D eigenvalue weighted by molar-refractivity contribution is -0.137. The standard InChI is InChI=1S/C15H12F4N2O3/c16-10-1-3-11(4-2-10)24-6-5-13(22)21-12-7-9(15(17,18)19)8-20-14(12)23/h1-4,7-8H,5-6H2,(H,20,23)(H,21,22). The minimum Gasteiger partial charge on any atom is -0.493 e. The summed E-state index contributed by atoms with van der Waals surface area (Å²) >= 11 is 0. The fourth-order valence-electron chi connectivity index (χ4n) is 1.75. The van der Waals surface area contributed by atoms with Gasteiger partial charge in [-0.2, -0.15) is 13.2 Å². The molecule has 2 rings (SSSR count). The summed E-state index contributed by atoms with van der Waals surface area (Å²) in [6, 6.07) is 5.64. The minimum atomic E-state index is -4.64. The van der Waals surface area contributed by atoms with Gasteiger partial charge in [-0.05, 0) is 30.3 Å². The van der Waals surface area contributed by atoms with Crippen molar-refractivity contribution in [2.75, 3.05) is 11.9 Å². The molecular weight excluding hydrogens is 332 g/mol. The van der Waals surface area contributed by atoms with Crippen molar-refractivity contribution in [3.63, 3.8) is 0 Å². The summed E-state index contributed by atoms with van der Waals surface area (Å²) in [5.41, 5.74) is -2.44. The molecule has 0 saturated carbocycles. The molecule has 1 heterocycles. The lowest BCUT2D eigenvalue weighted by atomic mass is 10.2. The third-order valence-electron chi connectivity index (χ3n) is 2.92. The number of hydrogen-bond donors (Lipinski definition) is 2. The number of ether oxygens (including phenoxy) is 1. The average molecular weight is 344 g/mol. The number of carbonyl (C=O) groups is 1. The van der Waals surface area contributed by atoms with Crippen molar-refractivity contribution >= 4 is 11.6 Å². The molecule has 2 N–H and O–H groups in total. The first-order valence-electron chi connectivity index (χ1n) is 6.74. The van der Waals surface area contributed by atoms with E-state index in [4.69, 9.17) is 4.74 Å². The predicted octanol–water partition coefficient (Wildman–Crippen LogP) is 2.94. The van der Waals surface area contributed by atoms with Crippen LogP contribution in [-0.4, -0.2) is 17.5 Å². The van der Waals surface area contributed by atoms with E-state index in [1.165, 1.54) is 24.3 Å². The summed E-state index contributed by atoms with van der Waals surface area (Å²) < 4.78 is 55.6. The van der Waals surface area contributed by atoms with Crippen LogP contribution in [0.3, 0.4) is 0 Å². The largest absolute Gasteiger partial charge is 0.493 e. The number of H-pyrrole nitrogens is 1. The molecule has 0 atom stereocenters. The highest BCUT2D eigenvalue weighted by Gasteiger charge is 2.31. The monoisotopic (exact) mass is 344 g/mol. The van der Waals surface area contributed by atoms with Crippen molar-refractivity contribution in [3.05, 3.63) is 58.3 Å². The Hall–Kier alpha value is -2.84. The summed E-state index contributed by atoms with van der Waals surface area (Å²) in [5.74, 6) is -0.799. The number of alkyl halides is 3. The molecule has 2 aromatic rings. The highest BCUT2D eigenvalue weighted by atomic mass is 19.4. The van der Waals surface area contributed by atoms with Crippen LogP contribution in [-0.2, 0) is 11.0 Å². The number of pyridine rings is 1. The van der Waals surface area contributed by atoms with Crippen LogP contribution in [0.15, 0.2) is 41.3 Å². The maximum absolute atomic E-state index is 12.7. The van der Waals surface area contributed by atoms with Gasteiger partial charge in [-0.15, -0.1) is 0 Å². The van der Waals surface area contributed by atoms with E-state index in [9.17, 15) is 27.2 Å². The average Bonchev–Trinajstić information content (AvgIpc) is 2.50. The number of aromatic nitrogens is 1. The smallest absolute Gasteiger partial charge is 0.417 e. The summed E-state index contributed by atoms with van der Waals surface area (Å²) in [6.45, 7) is -0.0890. The van der Waals surface area contributed by atoms with Gasteiger partial charge in [-0.1, -0.05) is 0 Å². The fraction of sp³-hybridized carbons (Fsp3) is 0.200. The normalized spacial score (nSPS) is 11.2. The number of hydrogen-bond acceptors (Lipinski definition) is 3. The van der Waals surface area contributed by atoms with Gasteiger partial charge in [0.05, 0.1) is 18.6 Å². The van der Waals surface area contributed by atoms with Crippen molar-refractivity contribution in [3.8, 4) is 5.75 Å². The van der Waals surface area contributed by atoms with Crippen LogP contribution >= 0.6 is 0 Å². The van der Waals surface area contributed by atoms with E-state index >= 15 is 0 Å². The van der Waals surface area contributed by atoms with Gasteiger partial charge >= 0.3 is 6.18 Å². The van der Waals surface area contributed by atoms with E-state index in [0.717, 1.165) is 0 Å². The molecule has 0 unspecified atom stereocenters. The molecule has 0 aliphatic heterocycles. The van der Waals surface area contributed by atoms with Crippen molar-refractivity contribution < 1.29 is 27.1 Å². The molecule has 1 aromatic carbocycles. The van der Waals surface area contributed by atoms with E-state index in [0.29, 0.717) is 18.0 Å². The van der Waals surface area contributed by atoms with Gasteiger partial charge < -0.3 is 15.0 Å². The third kappa shape index (κ3) is 4.83. The van der Waals surface area contributed by atoms with Crippen LogP contribution in [0.5, 0.6) is 5.75 Å². The van der Waals surface area contributed by atoms with Crippen LogP contribution in [0.1, 0.15) is 12.0 Å². The molecule has 1 amide bonds. The first-order chi connectivity index (χ1) is 11.3. The van der Waals surface area contributed by atoms with Crippen LogP contribution in [0, 0.1) is 5.82 Å². The molecule has 0 fully saturated rings. The highest BCUT2D eigenvalue weighted by molar-refractivity contribution is 5.90. The molecule has 9 heteroatoms. The number of rotatable bonds is 5. The van der Waals surface area contributed by atoms with Crippen molar-refractivity contribution in [2.45, 2.75) is 12.6 Å². The van der Waals surface area contributed by atoms with Crippen LogP contribution in [0.25, 0.3) is 0 Å². The molecule has 0 radical (unpaired) electrons. The minimum absolute atomic E-state index is 0.0890. The topological polar surface area (TPSA) is 71.2 Å². The number of benzene rings is 1. The van der Waals surface area contributed by atoms with E-state index in [-0.39, 0.29) is 13.0 Å². The Bertz CT molecular complexity index is 770. The van der Waals surface area contributed by atoms with Gasteiger partial charge in [0, 0.05) is 6.20 Å². The molecule has 0 aliphatic rings. The number of carbonyl (C=O) groups excluding carboxylic acids is 1. The van der Waals surface area contributed by atoms with E-state index in [1.807, 2.05) is 4.98 Å². The van der Waals surface area contributed by atoms with E-state index in [1.54, 1.807) is 0 Å². The predicted molar refractivity (Wildman–Crippen MR) is 77.2 cm³/mol. The Morgan fingerprint density at radius 1 is 1.21 bits per heavy atom. The van der Waals surface area contributed by atoms with Crippen molar-refractivity contribution in [2.24, 2.45) is 0 Å². The van der Waals surface area contributed by atoms with E-state index < -0.39 is 34.7 Å². The number of amides is 1. The lowest BCUT2D eigenvalue weighted by Gasteiger charge is -2.09. The molecule has 0 bridgehead atoms. The Kier molecular flexibility index (Phi) is 5.22. The number of halogens is 4. The first kappa shape index (κ1) is 17.5. The molecule has 0 aliphatic carbocycles. The van der Waals surface area contributed by atoms with Crippen LogP contribution in [0.2, 0.25) is 0 Å². The summed E-state index contributed by atoms with van der Waals surface area (Å²) in [4.78, 5) is 25.1. The molecule has 24 heavy (non-hydrogen) atoms. The number of anilines is 1. The van der Waals surface area contributed by atoms with Crippen LogP contribution in [0.4, 0.5) is 23.2 Å². The summed E-state index contributed by atoms with van der Waals surface area (Å²) in [7, 11) is 0. The van der Waals surface area contributed by atoms with Gasteiger partial charge in [-0.25, -0.2) is 4.39 Å². The number of nitrogens with one attached hydrogen (secondary N) is 2. The molecular formula is C15H12F4N2O3. The Morgan fingerprint density at radius 3 is 2.50 bits per heavy atom. The van der Waals surface area contributed by atoms with Gasteiger partial charge in [0.2, 0.25) is 5.91 Å². The quantitative estimate of drug-likeness (QED) is 0.820. The van der Waals surface area contributed by atoms with Gasteiger partial charge in [0.1, 0.15) is 17.3 Å². The maximum Gasteiger partial charge on any atom is 0.417 e. The molecule has 0 saturated heterocycles. The first-order valence-corrected chi connectivity index (χ1v) is 6.74.